The van der Waals surface area contributed by atoms with E-state index in [1.54, 1.807) is 11.3 Å². The molecule has 0 aliphatic carbocycles. The number of nitrogens with zero attached hydrogens (tertiary/aromatic N) is 2. The molecule has 2 aromatic heterocycles. The van der Waals surface area contributed by atoms with Crippen LogP contribution in [0.1, 0.15) is 5.56 Å². The van der Waals surface area contributed by atoms with Crippen LogP contribution in [0.15, 0.2) is 38.6 Å². The Morgan fingerprint density at radius 1 is 1.26 bits per heavy atom. The van der Waals surface area contributed by atoms with E-state index in [-0.39, 0.29) is 0 Å². The lowest BCUT2D eigenvalue weighted by molar-refractivity contribution is 0.433. The van der Waals surface area contributed by atoms with Crippen molar-refractivity contribution in [1.29, 1.82) is 0 Å². The maximum atomic E-state index is 5.65. The van der Waals surface area contributed by atoms with E-state index < -0.39 is 0 Å². The molecule has 0 saturated heterocycles. The first-order valence-electron chi connectivity index (χ1n) is 5.59. The molecular weight excluding hydrogens is 326 g/mol. The summed E-state index contributed by atoms with van der Waals surface area (Å²) in [6.45, 7) is 2.03. The molecule has 4 nitrogen and oxygen atoms in total. The molecule has 0 amide bonds. The second-order valence-corrected chi connectivity index (χ2v) is 6.48. The highest BCUT2D eigenvalue weighted by molar-refractivity contribution is 9.11. The number of aromatic nitrogens is 2. The van der Waals surface area contributed by atoms with Crippen LogP contribution in [0.3, 0.4) is 0 Å². The molecule has 3 aromatic rings. The van der Waals surface area contributed by atoms with Crippen molar-refractivity contribution in [2.45, 2.75) is 6.92 Å². The van der Waals surface area contributed by atoms with Crippen molar-refractivity contribution in [3.8, 4) is 22.2 Å². The van der Waals surface area contributed by atoms with Crippen LogP contribution in [0.2, 0.25) is 0 Å². The van der Waals surface area contributed by atoms with E-state index in [1.165, 1.54) is 0 Å². The van der Waals surface area contributed by atoms with Crippen LogP contribution in [-0.2, 0) is 0 Å². The monoisotopic (exact) mass is 335 g/mol. The molecule has 0 aliphatic heterocycles. The van der Waals surface area contributed by atoms with Crippen molar-refractivity contribution >= 4 is 33.0 Å². The number of halogens is 1. The first kappa shape index (κ1) is 12.4. The predicted octanol–water partition coefficient (Wildman–Crippen LogP) is 4.12. The van der Waals surface area contributed by atoms with Crippen LogP contribution in [0.5, 0.6) is 0 Å². The predicted molar refractivity (Wildman–Crippen MR) is 79.9 cm³/mol. The lowest BCUT2D eigenvalue weighted by Gasteiger charge is -1.94. The zero-order chi connectivity index (χ0) is 13.4. The molecule has 19 heavy (non-hydrogen) atoms. The Hall–Kier alpha value is -1.66. The third kappa shape index (κ3) is 2.41. The number of hydrogen-bond donors (Lipinski definition) is 1. The van der Waals surface area contributed by atoms with E-state index in [0.717, 1.165) is 19.8 Å². The van der Waals surface area contributed by atoms with Gasteiger partial charge in [0.15, 0.2) is 0 Å². The second-order valence-electron chi connectivity index (χ2n) is 4.11. The first-order chi connectivity index (χ1) is 9.13. The maximum absolute atomic E-state index is 5.65. The van der Waals surface area contributed by atoms with Gasteiger partial charge in [-0.25, -0.2) is 0 Å². The fourth-order valence-corrected chi connectivity index (χ4v) is 3.09. The van der Waals surface area contributed by atoms with Crippen LogP contribution >= 0.6 is 27.3 Å². The van der Waals surface area contributed by atoms with Crippen LogP contribution in [-0.4, -0.2) is 10.1 Å². The third-order valence-corrected chi connectivity index (χ3v) is 4.79. The van der Waals surface area contributed by atoms with Crippen LogP contribution in [0.25, 0.3) is 22.2 Å². The Morgan fingerprint density at radius 3 is 2.63 bits per heavy atom. The summed E-state index contributed by atoms with van der Waals surface area (Å²) in [4.78, 5) is 5.36. The Morgan fingerprint density at radius 2 is 2.00 bits per heavy atom. The summed E-state index contributed by atoms with van der Waals surface area (Å²) < 4.78 is 6.38. The standard InChI is InChI=1S/C13H10BrN3OS/c1-7-6-10(19-11(7)14)13-16-12(17-18-13)8-2-4-9(15)5-3-8/h2-6H,15H2,1H3. The molecule has 0 spiro atoms. The van der Waals surface area contributed by atoms with Gasteiger partial charge >= 0.3 is 0 Å². The Labute approximate surface area is 122 Å². The van der Waals surface area contributed by atoms with Crippen LogP contribution in [0, 0.1) is 6.92 Å². The quantitative estimate of drug-likeness (QED) is 0.715. The average molecular weight is 336 g/mol. The average Bonchev–Trinajstić information content (AvgIpc) is 2.99. The van der Waals surface area contributed by atoms with Gasteiger partial charge in [0, 0.05) is 11.3 Å². The van der Waals surface area contributed by atoms with E-state index >= 15 is 0 Å². The number of anilines is 1. The fraction of sp³-hybridized carbons (Fsp3) is 0.0769. The summed E-state index contributed by atoms with van der Waals surface area (Å²) in [5.41, 5.74) is 8.41. The van der Waals surface area contributed by atoms with Crippen molar-refractivity contribution in [1.82, 2.24) is 10.1 Å². The van der Waals surface area contributed by atoms with Crippen molar-refractivity contribution < 1.29 is 4.52 Å². The van der Waals surface area contributed by atoms with Gasteiger partial charge in [0.25, 0.3) is 5.89 Å². The minimum atomic E-state index is 0.533. The number of thiophene rings is 1. The molecule has 0 saturated carbocycles. The molecule has 6 heteroatoms. The lowest BCUT2D eigenvalue weighted by atomic mass is 10.2. The van der Waals surface area contributed by atoms with E-state index in [4.69, 9.17) is 10.3 Å². The number of benzene rings is 1. The molecule has 0 aliphatic rings. The Bertz CT molecular complexity index is 698. The summed E-state index contributed by atoms with van der Waals surface area (Å²) in [6.07, 6.45) is 0. The molecule has 0 bridgehead atoms. The largest absolute Gasteiger partial charge is 0.399 e. The Balaban J connectivity index is 1.97. The van der Waals surface area contributed by atoms with Gasteiger partial charge in [-0.2, -0.15) is 4.98 Å². The van der Waals surface area contributed by atoms with Gasteiger partial charge in [-0.1, -0.05) is 5.16 Å². The van der Waals surface area contributed by atoms with Crippen molar-refractivity contribution in [3.63, 3.8) is 0 Å². The SMILES string of the molecule is Cc1cc(-c2nc(-c3ccc(N)cc3)no2)sc1Br. The first-order valence-corrected chi connectivity index (χ1v) is 7.20. The topological polar surface area (TPSA) is 64.9 Å². The number of nitrogen functional groups attached to an aromatic ring is 1. The zero-order valence-corrected chi connectivity index (χ0v) is 12.5. The Kier molecular flexibility index (Phi) is 3.12. The van der Waals surface area contributed by atoms with E-state index in [0.29, 0.717) is 17.4 Å². The van der Waals surface area contributed by atoms with Gasteiger partial charge in [-0.15, -0.1) is 11.3 Å². The van der Waals surface area contributed by atoms with E-state index in [1.807, 2.05) is 37.3 Å². The van der Waals surface area contributed by atoms with Crippen molar-refractivity contribution in [2.24, 2.45) is 0 Å². The molecule has 0 atom stereocenters. The molecule has 3 rings (SSSR count). The van der Waals surface area contributed by atoms with Crippen LogP contribution < -0.4 is 5.73 Å². The summed E-state index contributed by atoms with van der Waals surface area (Å²) in [6, 6.07) is 9.41. The fourth-order valence-electron chi connectivity index (χ4n) is 1.64. The minimum absolute atomic E-state index is 0.533. The molecule has 2 heterocycles. The molecule has 0 radical (unpaired) electrons. The van der Waals surface area contributed by atoms with Gasteiger partial charge in [0.1, 0.15) is 0 Å². The molecule has 2 N–H and O–H groups in total. The molecule has 0 unspecified atom stereocenters. The summed E-state index contributed by atoms with van der Waals surface area (Å²) >= 11 is 5.07. The maximum Gasteiger partial charge on any atom is 0.268 e. The number of aryl methyl sites for hydroxylation is 1. The zero-order valence-electron chi connectivity index (χ0n) is 10.1. The highest BCUT2D eigenvalue weighted by Gasteiger charge is 2.13. The summed E-state index contributed by atoms with van der Waals surface area (Å²) in [7, 11) is 0. The molecule has 0 fully saturated rings. The van der Waals surface area contributed by atoms with Crippen molar-refractivity contribution in [2.75, 3.05) is 5.73 Å². The van der Waals surface area contributed by atoms with Gasteiger partial charge < -0.3 is 10.3 Å². The molecule has 1 aromatic carbocycles. The smallest absolute Gasteiger partial charge is 0.268 e. The number of rotatable bonds is 2. The minimum Gasteiger partial charge on any atom is -0.399 e. The normalized spacial score (nSPS) is 10.8. The summed E-state index contributed by atoms with van der Waals surface area (Å²) in [5, 5.41) is 4.00. The third-order valence-electron chi connectivity index (χ3n) is 2.66. The molecule has 96 valence electrons. The van der Waals surface area contributed by atoms with Gasteiger partial charge in [-0.3, -0.25) is 0 Å². The highest BCUT2D eigenvalue weighted by atomic mass is 79.9. The number of nitrogens with two attached hydrogens (primary N) is 1. The highest BCUT2D eigenvalue weighted by Crippen LogP contribution is 2.34. The lowest BCUT2D eigenvalue weighted by Crippen LogP contribution is -1.85. The van der Waals surface area contributed by atoms with E-state index in [2.05, 4.69) is 26.1 Å². The van der Waals surface area contributed by atoms with Gasteiger partial charge in [-0.05, 0) is 58.7 Å². The van der Waals surface area contributed by atoms with Crippen LogP contribution in [0.4, 0.5) is 5.69 Å². The van der Waals surface area contributed by atoms with Crippen molar-refractivity contribution in [3.05, 3.63) is 39.7 Å². The van der Waals surface area contributed by atoms with E-state index in [9.17, 15) is 0 Å². The van der Waals surface area contributed by atoms with Gasteiger partial charge in [0.2, 0.25) is 5.82 Å². The summed E-state index contributed by atoms with van der Waals surface area (Å²) in [5.74, 6) is 1.10. The van der Waals surface area contributed by atoms with Gasteiger partial charge in [0.05, 0.1) is 8.66 Å². The number of hydrogen-bond acceptors (Lipinski definition) is 5. The second kappa shape index (κ2) is 4.79. The molecular formula is C13H10BrN3OS.